The highest BCUT2D eigenvalue weighted by Crippen LogP contribution is 2.39. The van der Waals surface area contributed by atoms with Gasteiger partial charge in [0.15, 0.2) is 24.0 Å². The molecule has 1 aromatic rings. The SMILES string of the molecule is CCN1CCCC1CNC(=O)C1C(O)CC2(O)CC(O)CC(O)CC(O)CC(O)CC(=O)CC(O)CC(=O)OC(C(C)CCC(O)CC(=O)c3ccc(NC)cc3)C(C)\C=C/C=C/C=C/C=C/C=C/C=C/C=C/C(O[C@@H]3O[C@H](C)[C@@H](O)[C@H]([NH3+])[C@@H]3O)CC1O2.CNC(CC(=O)O)C(=O)O.CNC(CC(=O)O)C(=O)O. The molecule has 32 nitrogen and oxygen atoms in total. The van der Waals surface area contributed by atoms with E-state index in [0.29, 0.717) is 18.5 Å². The Morgan fingerprint density at radius 1 is 0.667 bits per heavy atom. The summed E-state index contributed by atoms with van der Waals surface area (Å²) in [5.74, 6) is -10.9. The molecule has 0 radical (unpaired) electrons. The highest BCUT2D eigenvalue weighted by Gasteiger charge is 2.51. The number of aliphatic carboxylic acids is 4. The second-order valence-electron chi connectivity index (χ2n) is 27.9. The molecular weight excluding hydrogens is 1410 g/mol. The highest BCUT2D eigenvalue weighted by molar-refractivity contribution is 5.96. The number of hydrogen-bond acceptors (Lipinski definition) is 26. The molecule has 17 unspecified atom stereocenters. The Morgan fingerprint density at radius 2 is 1.19 bits per heavy atom. The van der Waals surface area contributed by atoms with Crippen LogP contribution in [0.5, 0.6) is 0 Å². The first kappa shape index (κ1) is 94.9. The number of allylic oxidation sites excluding steroid dienone is 12. The molecule has 608 valence electrons. The summed E-state index contributed by atoms with van der Waals surface area (Å²) in [5.41, 5.74) is 5.23. The van der Waals surface area contributed by atoms with Gasteiger partial charge in [0.2, 0.25) is 5.91 Å². The van der Waals surface area contributed by atoms with Crippen LogP contribution in [0.25, 0.3) is 0 Å². The molecule has 3 fully saturated rings. The van der Waals surface area contributed by atoms with Gasteiger partial charge >= 0.3 is 29.8 Å². The summed E-state index contributed by atoms with van der Waals surface area (Å²) in [7, 11) is 4.58. The van der Waals surface area contributed by atoms with E-state index in [9.17, 15) is 89.4 Å². The van der Waals surface area contributed by atoms with Crippen molar-refractivity contribution in [2.75, 3.05) is 46.1 Å². The molecule has 0 saturated carbocycles. The number of hydrogen-bond donors (Lipinski definition) is 19. The summed E-state index contributed by atoms with van der Waals surface area (Å²) in [6.07, 6.45) is 5.16. The third kappa shape index (κ3) is 35.6. The van der Waals surface area contributed by atoms with E-state index < -0.39 is 208 Å². The van der Waals surface area contributed by atoms with Gasteiger partial charge in [-0.15, -0.1) is 0 Å². The van der Waals surface area contributed by atoms with Gasteiger partial charge in [-0.25, -0.2) is 0 Å². The topological polar surface area (TPSA) is 536 Å². The van der Waals surface area contributed by atoms with Gasteiger partial charge in [0.05, 0.1) is 86.2 Å². The number of benzene rings is 1. The quantitative estimate of drug-likeness (QED) is 0.0564. The summed E-state index contributed by atoms with van der Waals surface area (Å²) in [5, 5.41) is 155. The Morgan fingerprint density at radius 3 is 1.71 bits per heavy atom. The predicted molar refractivity (Wildman–Crippen MR) is 395 cm³/mol. The molecule has 108 heavy (non-hydrogen) atoms. The maximum Gasteiger partial charge on any atom is 0.321 e. The standard InChI is InChI=1S/C66H100N4O18.2C5H9NO4/c1-6-70-29-19-21-46(70)40-69-64(83)59-56(79)39-66(84)38-53(77)34-51(75)32-49(73)30-48(72)31-50(74)33-52(76)36-58(80)87-63(42(3)23-28-47(71)35-55(78)44-24-26-45(68-5)27-25-44)41(2)20-17-15-13-11-9-7-8-10-12-14-16-18-22-54(37-57(59)88-66)86-65-62(82)60(67)61(81)43(4)85-65;2*1-6-3(5(9)10)2-4(7)8/h7-18,20,22,24-27,41-43,46-49,51-54,56-57,59-63,65,68,71-73,75-77,79,81-82,84H,6,19,21,23,28-40,67H2,1-5H3,(H,69,83);2*3,6H,2H2,1H3,(H,7,8)(H,9,10)/p+1/b8-7+,11-9+,12-10+,15-13+,16-14+,20-17-,22-18+;;/t41?,42?,43-,46?,47?,48?,49?,51?,52?,53?,54?,56?,57?,59?,60+,61-,62+,63?,65+,66?;;/m1../s1. The van der Waals surface area contributed by atoms with Crippen molar-refractivity contribution in [2.24, 2.45) is 17.8 Å². The van der Waals surface area contributed by atoms with Crippen LogP contribution in [0.15, 0.2) is 109 Å². The van der Waals surface area contributed by atoms with E-state index in [0.717, 1.165) is 31.6 Å². The Kier molecular flexibility index (Phi) is 43.7. The first-order valence-electron chi connectivity index (χ1n) is 36.7. The molecule has 21 N–H and O–H groups in total. The van der Waals surface area contributed by atoms with Crippen molar-refractivity contribution < 1.29 is 135 Å². The van der Waals surface area contributed by atoms with Gasteiger partial charge in [0, 0.05) is 75.3 Å². The summed E-state index contributed by atoms with van der Waals surface area (Å²) < 4.78 is 24.6. The number of quaternary nitrogens is 1. The van der Waals surface area contributed by atoms with Crippen LogP contribution in [-0.4, -0.2) is 280 Å². The molecule has 2 bridgehead atoms. The zero-order valence-electron chi connectivity index (χ0n) is 62.8. The van der Waals surface area contributed by atoms with E-state index in [1.807, 2.05) is 45.1 Å². The van der Waals surface area contributed by atoms with Crippen LogP contribution in [0.4, 0.5) is 5.69 Å². The molecule has 1 amide bonds. The largest absolute Gasteiger partial charge is 0.481 e. The Hall–Kier alpha value is -7.32. The van der Waals surface area contributed by atoms with Gasteiger partial charge in [-0.1, -0.05) is 106 Å². The number of likely N-dealkylation sites (tertiary alicyclic amines) is 1. The first-order valence-corrected chi connectivity index (χ1v) is 36.7. The van der Waals surface area contributed by atoms with E-state index in [4.69, 9.17) is 39.4 Å². The fourth-order valence-corrected chi connectivity index (χ4v) is 13.0. The molecule has 4 heterocycles. The van der Waals surface area contributed by atoms with Gasteiger partial charge in [0.1, 0.15) is 36.1 Å². The lowest BCUT2D eigenvalue weighted by Crippen LogP contribution is -2.78. The van der Waals surface area contributed by atoms with Crippen LogP contribution in [0.3, 0.4) is 0 Å². The maximum absolute atomic E-state index is 14.2. The third-order valence-electron chi connectivity index (χ3n) is 18.9. The molecule has 3 saturated heterocycles. The molecule has 32 heteroatoms. The number of fused-ring (bicyclic) bond motifs is 2. The van der Waals surface area contributed by atoms with E-state index in [1.165, 1.54) is 14.1 Å². The number of ether oxygens (including phenoxy) is 4. The summed E-state index contributed by atoms with van der Waals surface area (Å²) in [6.45, 7) is 9.34. The van der Waals surface area contributed by atoms with Gasteiger partial charge in [-0.05, 0) is 109 Å². The Bertz CT molecular complexity index is 3120. The van der Waals surface area contributed by atoms with Crippen molar-refractivity contribution in [3.63, 3.8) is 0 Å². The number of likely N-dealkylation sites (N-methyl/N-ethyl adjacent to an activating group) is 3. The number of nitrogens with zero attached hydrogens (tertiary/aromatic N) is 1. The number of anilines is 1. The highest BCUT2D eigenvalue weighted by atomic mass is 16.7. The van der Waals surface area contributed by atoms with Crippen LogP contribution in [0, 0.1) is 17.8 Å². The molecule has 0 aliphatic carbocycles. The van der Waals surface area contributed by atoms with Crippen LogP contribution >= 0.6 is 0 Å². The number of rotatable bonds is 22. The molecule has 5 rings (SSSR count). The molecule has 4 aliphatic rings. The van der Waals surface area contributed by atoms with E-state index >= 15 is 0 Å². The second kappa shape index (κ2) is 49.8. The third-order valence-corrected chi connectivity index (χ3v) is 18.9. The number of carbonyl (C=O) groups excluding carboxylic acids is 4. The predicted octanol–water partition coefficient (Wildman–Crippen LogP) is 0.812. The number of nitrogens with one attached hydrogen (secondary N) is 4. The van der Waals surface area contributed by atoms with Crippen molar-refractivity contribution in [2.45, 2.75) is 246 Å². The number of Topliss-reactive ketones (excluding diaryl/α,β-unsaturated/α-hetero) is 2. The van der Waals surface area contributed by atoms with E-state index in [-0.39, 0.29) is 55.8 Å². The van der Waals surface area contributed by atoms with Gasteiger partial charge in [-0.3, -0.25) is 43.3 Å². The minimum atomic E-state index is -2.27. The molecule has 0 spiro atoms. The fourth-order valence-electron chi connectivity index (χ4n) is 13.0. The van der Waals surface area contributed by atoms with Crippen molar-refractivity contribution in [1.29, 1.82) is 0 Å². The lowest BCUT2D eigenvalue weighted by molar-refractivity contribution is -0.488. The number of aliphatic hydroxyl groups is 10. The minimum Gasteiger partial charge on any atom is -0.481 e. The average Bonchev–Trinajstić information content (AvgIpc) is 0.882. The number of carbonyl (C=O) groups is 8. The fraction of sp³-hybridized carbons (Fsp3) is 0.632. The molecule has 4 aliphatic heterocycles. The number of aliphatic hydroxyl groups excluding tert-OH is 9. The zero-order valence-corrected chi connectivity index (χ0v) is 62.8. The van der Waals surface area contributed by atoms with Crippen LogP contribution < -0.4 is 27.0 Å². The van der Waals surface area contributed by atoms with Gasteiger partial charge in [0.25, 0.3) is 0 Å². The van der Waals surface area contributed by atoms with E-state index in [2.05, 4.69) is 31.9 Å². The Labute approximate surface area is 630 Å². The number of amides is 1. The number of esters is 1. The number of cyclic esters (lactones) is 1. The number of carboxylic acids is 4. The van der Waals surface area contributed by atoms with Crippen LogP contribution in [0.2, 0.25) is 0 Å². The lowest BCUT2D eigenvalue weighted by atomic mass is 9.82. The molecule has 1 aromatic carbocycles. The monoisotopic (exact) mass is 1530 g/mol. The van der Waals surface area contributed by atoms with E-state index in [1.54, 1.807) is 99.0 Å². The average molecular weight is 1530 g/mol. The second-order valence-corrected chi connectivity index (χ2v) is 27.9. The number of ketones is 2. The lowest BCUT2D eigenvalue weighted by Gasteiger charge is -2.46. The molecule has 0 aromatic heterocycles. The Balaban J connectivity index is 0.00000132. The zero-order chi connectivity index (χ0) is 80.8. The van der Waals surface area contributed by atoms with Gasteiger partial charge in [-0.2, -0.15) is 0 Å². The molecule has 22 atom stereocenters. The number of carboxylic acid groups (broad SMARTS) is 4. The minimum absolute atomic E-state index is 0.0713. The van der Waals surface area contributed by atoms with Crippen LogP contribution in [-0.2, 0) is 52.5 Å². The van der Waals surface area contributed by atoms with Gasteiger partial charge < -0.3 is 117 Å². The van der Waals surface area contributed by atoms with Crippen molar-refractivity contribution in [3.05, 3.63) is 115 Å². The maximum atomic E-state index is 14.2. The first-order chi connectivity index (χ1) is 51.0. The smallest absolute Gasteiger partial charge is 0.321 e. The van der Waals surface area contributed by atoms with Crippen molar-refractivity contribution in [3.8, 4) is 0 Å². The summed E-state index contributed by atoms with van der Waals surface area (Å²) in [6, 6.07) is 4.13. The van der Waals surface area contributed by atoms with Crippen LogP contribution in [0.1, 0.15) is 141 Å². The molecular formula is C76H119N6O26+. The van der Waals surface area contributed by atoms with Crippen molar-refractivity contribution >= 4 is 53.0 Å². The summed E-state index contributed by atoms with van der Waals surface area (Å²) >= 11 is 0. The summed E-state index contributed by atoms with van der Waals surface area (Å²) in [4.78, 5) is 96.1. The normalized spacial score (nSPS) is 33.0. The van der Waals surface area contributed by atoms with Crippen molar-refractivity contribution in [1.82, 2.24) is 20.9 Å².